The quantitative estimate of drug-likeness (QED) is 0.189. The van der Waals surface area contributed by atoms with E-state index in [4.69, 9.17) is 10.1 Å². The summed E-state index contributed by atoms with van der Waals surface area (Å²) in [4.78, 5) is 15.7. The Labute approximate surface area is 231 Å². The molecular weight excluding hydrogens is 466 g/mol. The second-order valence-corrected chi connectivity index (χ2v) is 11.2. The van der Waals surface area contributed by atoms with Crippen LogP contribution < -0.4 is 0 Å². The van der Waals surface area contributed by atoms with E-state index in [9.17, 15) is 4.79 Å². The number of carboxylic acids is 1. The number of hydrogen-bond acceptors (Lipinski definition) is 2. The van der Waals surface area contributed by atoms with Gasteiger partial charge in [0.2, 0.25) is 0 Å². The molecule has 1 aliphatic rings. The maximum absolute atomic E-state index is 10.6. The van der Waals surface area contributed by atoms with Crippen molar-refractivity contribution in [3.05, 3.63) is 83.7 Å². The van der Waals surface area contributed by atoms with Crippen molar-refractivity contribution in [1.82, 2.24) is 4.98 Å². The van der Waals surface area contributed by atoms with Crippen LogP contribution in [0.4, 0.5) is 0 Å². The van der Waals surface area contributed by atoms with Gasteiger partial charge in [-0.1, -0.05) is 132 Å². The van der Waals surface area contributed by atoms with E-state index < -0.39 is 5.97 Å². The van der Waals surface area contributed by atoms with Gasteiger partial charge in [-0.25, -0.2) is 0 Å². The number of aromatic nitrogens is 1. The first kappa shape index (κ1) is 29.9. The SMILES string of the molecule is CCCCCCCc1ccc(C2(CCCCCCCCCCC(=O)O)C=CC(c3ccccc3)=CC2)nc1. The fourth-order valence-electron chi connectivity index (χ4n) is 5.60. The van der Waals surface area contributed by atoms with E-state index in [0.717, 1.165) is 38.5 Å². The summed E-state index contributed by atoms with van der Waals surface area (Å²) in [7, 11) is 0. The third-order valence-electron chi connectivity index (χ3n) is 8.04. The van der Waals surface area contributed by atoms with Gasteiger partial charge in [0, 0.05) is 18.0 Å². The highest BCUT2D eigenvalue weighted by atomic mass is 16.4. The molecule has 0 spiro atoms. The standard InChI is InChI=1S/C35H49NO2/c1-2-3-4-9-13-18-30-22-23-33(36-29-30)35(26-17-11-8-6-5-7-10-16-21-34(37)38)27-24-32(25-28-35)31-19-14-12-15-20-31/h12,14-15,19-20,22-25,27,29H,2-11,13,16-18,21,26,28H2,1H3,(H,37,38). The van der Waals surface area contributed by atoms with Crippen LogP contribution >= 0.6 is 0 Å². The molecule has 206 valence electrons. The van der Waals surface area contributed by atoms with Crippen LogP contribution in [0.2, 0.25) is 0 Å². The molecule has 1 heterocycles. The summed E-state index contributed by atoms with van der Waals surface area (Å²) in [6.45, 7) is 2.27. The highest BCUT2D eigenvalue weighted by Crippen LogP contribution is 2.40. The number of rotatable bonds is 19. The van der Waals surface area contributed by atoms with Gasteiger partial charge in [-0.15, -0.1) is 0 Å². The van der Waals surface area contributed by atoms with Crippen LogP contribution in [0.5, 0.6) is 0 Å². The lowest BCUT2D eigenvalue weighted by atomic mass is 9.72. The summed E-state index contributed by atoms with van der Waals surface area (Å²) >= 11 is 0. The molecule has 0 fully saturated rings. The average Bonchev–Trinajstić information content (AvgIpc) is 2.95. The zero-order valence-electron chi connectivity index (χ0n) is 23.7. The molecule has 1 unspecified atom stereocenters. The van der Waals surface area contributed by atoms with Crippen molar-refractivity contribution in [2.75, 3.05) is 0 Å². The van der Waals surface area contributed by atoms with Crippen LogP contribution in [0.3, 0.4) is 0 Å². The van der Waals surface area contributed by atoms with Crippen molar-refractivity contribution in [1.29, 1.82) is 0 Å². The Morgan fingerprint density at radius 2 is 1.53 bits per heavy atom. The maximum Gasteiger partial charge on any atom is 0.303 e. The van der Waals surface area contributed by atoms with Crippen molar-refractivity contribution in [2.45, 2.75) is 121 Å². The molecule has 0 bridgehead atoms. The topological polar surface area (TPSA) is 50.2 Å². The van der Waals surface area contributed by atoms with Gasteiger partial charge >= 0.3 is 5.97 Å². The van der Waals surface area contributed by atoms with E-state index in [2.05, 4.69) is 73.8 Å². The van der Waals surface area contributed by atoms with Crippen LogP contribution in [0.25, 0.3) is 5.57 Å². The Kier molecular flexibility index (Phi) is 13.4. The number of aryl methyl sites for hydroxylation is 1. The summed E-state index contributed by atoms with van der Waals surface area (Å²) < 4.78 is 0. The number of hydrogen-bond donors (Lipinski definition) is 1. The number of carbonyl (C=O) groups is 1. The van der Waals surface area contributed by atoms with Crippen LogP contribution in [0, 0.1) is 0 Å². The second kappa shape index (κ2) is 17.0. The monoisotopic (exact) mass is 515 g/mol. The molecule has 1 aromatic heterocycles. The normalized spacial score (nSPS) is 16.9. The van der Waals surface area contributed by atoms with E-state index >= 15 is 0 Å². The van der Waals surface area contributed by atoms with Crippen molar-refractivity contribution in [3.63, 3.8) is 0 Å². The van der Waals surface area contributed by atoms with Crippen LogP contribution in [-0.4, -0.2) is 16.1 Å². The first-order valence-electron chi connectivity index (χ1n) is 15.2. The third-order valence-corrected chi connectivity index (χ3v) is 8.04. The van der Waals surface area contributed by atoms with Crippen molar-refractivity contribution < 1.29 is 9.90 Å². The van der Waals surface area contributed by atoms with Gasteiger partial charge in [0.1, 0.15) is 0 Å². The Bertz CT molecular complexity index is 992. The molecule has 3 heteroatoms. The van der Waals surface area contributed by atoms with Crippen molar-refractivity contribution in [3.8, 4) is 0 Å². The summed E-state index contributed by atoms with van der Waals surface area (Å²) in [6.07, 6.45) is 28.6. The Morgan fingerprint density at radius 3 is 2.16 bits per heavy atom. The lowest BCUT2D eigenvalue weighted by Gasteiger charge is -2.32. The fraction of sp³-hybridized carbons (Fsp3) is 0.543. The molecule has 0 radical (unpaired) electrons. The molecule has 0 saturated heterocycles. The maximum atomic E-state index is 10.6. The van der Waals surface area contributed by atoms with Crippen LogP contribution in [0.15, 0.2) is 66.9 Å². The highest BCUT2D eigenvalue weighted by Gasteiger charge is 2.31. The van der Waals surface area contributed by atoms with Gasteiger partial charge in [0.15, 0.2) is 0 Å². The first-order valence-corrected chi connectivity index (χ1v) is 15.2. The predicted octanol–water partition coefficient (Wildman–Crippen LogP) is 9.86. The minimum atomic E-state index is -0.673. The summed E-state index contributed by atoms with van der Waals surface area (Å²) in [5, 5.41) is 8.76. The lowest BCUT2D eigenvalue weighted by Crippen LogP contribution is -2.26. The number of allylic oxidation sites excluding steroid dienone is 4. The number of carboxylic acid groups (broad SMARTS) is 1. The lowest BCUT2D eigenvalue weighted by molar-refractivity contribution is -0.137. The minimum Gasteiger partial charge on any atom is -0.481 e. The highest BCUT2D eigenvalue weighted by molar-refractivity contribution is 5.75. The molecule has 3 rings (SSSR count). The molecule has 38 heavy (non-hydrogen) atoms. The van der Waals surface area contributed by atoms with Gasteiger partial charge in [-0.3, -0.25) is 9.78 Å². The number of aliphatic carboxylic acids is 1. The fourth-order valence-corrected chi connectivity index (χ4v) is 5.60. The largest absolute Gasteiger partial charge is 0.481 e. The molecule has 3 nitrogen and oxygen atoms in total. The average molecular weight is 516 g/mol. The zero-order chi connectivity index (χ0) is 26.9. The van der Waals surface area contributed by atoms with E-state index in [1.165, 1.54) is 86.6 Å². The molecule has 1 atom stereocenters. The Hall–Kier alpha value is -2.68. The number of pyridine rings is 1. The van der Waals surface area contributed by atoms with E-state index in [-0.39, 0.29) is 5.41 Å². The minimum absolute atomic E-state index is 0.0191. The summed E-state index contributed by atoms with van der Waals surface area (Å²) in [5.74, 6) is -0.673. The molecule has 0 saturated carbocycles. The molecule has 1 aromatic carbocycles. The predicted molar refractivity (Wildman–Crippen MR) is 160 cm³/mol. The molecular formula is C35H49NO2. The van der Waals surface area contributed by atoms with E-state index in [1.54, 1.807) is 0 Å². The van der Waals surface area contributed by atoms with Gasteiger partial charge < -0.3 is 5.11 Å². The third kappa shape index (κ3) is 10.2. The first-order chi connectivity index (χ1) is 18.6. The van der Waals surface area contributed by atoms with Gasteiger partial charge in [-0.05, 0) is 54.9 Å². The van der Waals surface area contributed by atoms with Crippen molar-refractivity contribution in [2.24, 2.45) is 0 Å². The molecule has 0 aliphatic heterocycles. The van der Waals surface area contributed by atoms with Gasteiger partial charge in [-0.2, -0.15) is 0 Å². The number of unbranched alkanes of at least 4 members (excludes halogenated alkanes) is 11. The van der Waals surface area contributed by atoms with Crippen LogP contribution in [0.1, 0.15) is 126 Å². The number of nitrogens with zero attached hydrogens (tertiary/aromatic N) is 1. The second-order valence-electron chi connectivity index (χ2n) is 11.2. The van der Waals surface area contributed by atoms with Crippen LogP contribution in [-0.2, 0) is 16.6 Å². The smallest absolute Gasteiger partial charge is 0.303 e. The number of benzene rings is 1. The van der Waals surface area contributed by atoms with Gasteiger partial charge in [0.25, 0.3) is 0 Å². The summed E-state index contributed by atoms with van der Waals surface area (Å²) in [5.41, 5.74) is 5.16. The van der Waals surface area contributed by atoms with Crippen molar-refractivity contribution >= 4 is 11.5 Å². The molecule has 0 amide bonds. The molecule has 2 aromatic rings. The molecule has 1 N–H and O–H groups in total. The zero-order valence-corrected chi connectivity index (χ0v) is 23.7. The van der Waals surface area contributed by atoms with E-state index in [1.807, 2.05) is 0 Å². The Balaban J connectivity index is 1.54. The van der Waals surface area contributed by atoms with E-state index in [0.29, 0.717) is 6.42 Å². The Morgan fingerprint density at radius 1 is 0.842 bits per heavy atom. The summed E-state index contributed by atoms with van der Waals surface area (Å²) in [6, 6.07) is 15.3. The van der Waals surface area contributed by atoms with Gasteiger partial charge in [0.05, 0.1) is 5.69 Å². The molecule has 1 aliphatic carbocycles.